The van der Waals surface area contributed by atoms with Gasteiger partial charge in [0.1, 0.15) is 4.90 Å². The lowest BCUT2D eigenvalue weighted by Crippen LogP contribution is -2.33. The summed E-state index contributed by atoms with van der Waals surface area (Å²) in [4.78, 5) is 0.308. The minimum absolute atomic E-state index is 0.0420. The first kappa shape index (κ1) is 15.3. The third kappa shape index (κ3) is 3.50. The summed E-state index contributed by atoms with van der Waals surface area (Å²) in [7, 11) is -1.83. The number of ether oxygens (including phenoxy) is 1. The van der Waals surface area contributed by atoms with Crippen LogP contribution in [0.2, 0.25) is 0 Å². The summed E-state index contributed by atoms with van der Waals surface area (Å²) >= 11 is 0. The Morgan fingerprint density at radius 1 is 1.30 bits per heavy atom. The second-order valence-electron chi connectivity index (χ2n) is 5.02. The van der Waals surface area contributed by atoms with Gasteiger partial charge in [-0.15, -0.1) is 0 Å². The third-order valence-corrected chi connectivity index (χ3v) is 5.16. The number of sulfonamides is 1. The average Bonchev–Trinajstić information content (AvgIpc) is 2.86. The van der Waals surface area contributed by atoms with Gasteiger partial charge in [0.05, 0.1) is 11.8 Å². The predicted octanol–water partition coefficient (Wildman–Crippen LogP) is 1.96. The van der Waals surface area contributed by atoms with E-state index in [1.807, 2.05) is 13.0 Å². The lowest BCUT2D eigenvalue weighted by Gasteiger charge is -2.16. The molecule has 0 aromatic heterocycles. The van der Waals surface area contributed by atoms with Crippen LogP contribution in [0.1, 0.15) is 26.2 Å². The van der Waals surface area contributed by atoms with Crippen molar-refractivity contribution in [2.24, 2.45) is 0 Å². The van der Waals surface area contributed by atoms with Gasteiger partial charge in [0, 0.05) is 19.7 Å². The normalized spacial score (nSPS) is 22.9. The first-order chi connectivity index (χ1) is 9.56. The van der Waals surface area contributed by atoms with Crippen LogP contribution in [-0.4, -0.2) is 34.2 Å². The Bertz CT molecular complexity index is 545. The number of hydrogen-bond donors (Lipinski definition) is 2. The second kappa shape index (κ2) is 6.56. The van der Waals surface area contributed by atoms with Crippen LogP contribution in [0.3, 0.4) is 0 Å². The monoisotopic (exact) mass is 298 g/mol. The highest BCUT2D eigenvalue weighted by Crippen LogP contribution is 2.25. The van der Waals surface area contributed by atoms with Crippen molar-refractivity contribution in [1.29, 1.82) is 0 Å². The van der Waals surface area contributed by atoms with E-state index in [9.17, 15) is 8.42 Å². The highest BCUT2D eigenvalue weighted by atomic mass is 32.2. The van der Waals surface area contributed by atoms with Gasteiger partial charge in [-0.05, 0) is 38.3 Å². The van der Waals surface area contributed by atoms with Crippen molar-refractivity contribution >= 4 is 15.7 Å². The van der Waals surface area contributed by atoms with Crippen molar-refractivity contribution in [3.63, 3.8) is 0 Å². The van der Waals surface area contributed by atoms with Crippen LogP contribution in [0.4, 0.5) is 5.69 Å². The molecule has 0 saturated heterocycles. The zero-order valence-corrected chi connectivity index (χ0v) is 12.7. The van der Waals surface area contributed by atoms with Crippen molar-refractivity contribution < 1.29 is 13.2 Å². The van der Waals surface area contributed by atoms with E-state index in [-0.39, 0.29) is 12.1 Å². The van der Waals surface area contributed by atoms with Gasteiger partial charge in [-0.1, -0.05) is 12.1 Å². The molecule has 0 bridgehead atoms. The highest BCUT2D eigenvalue weighted by molar-refractivity contribution is 7.89. The van der Waals surface area contributed by atoms with Crippen LogP contribution >= 0.6 is 0 Å². The number of hydrogen-bond acceptors (Lipinski definition) is 4. The Morgan fingerprint density at radius 3 is 2.70 bits per heavy atom. The molecule has 0 radical (unpaired) electrons. The summed E-state index contributed by atoms with van der Waals surface area (Å²) in [6, 6.07) is 6.93. The van der Waals surface area contributed by atoms with E-state index in [0.717, 1.165) is 19.3 Å². The third-order valence-electron chi connectivity index (χ3n) is 3.58. The van der Waals surface area contributed by atoms with Gasteiger partial charge in [-0.2, -0.15) is 0 Å². The molecule has 0 amide bonds. The SMILES string of the molecule is CCNc1ccccc1S(=O)(=O)NC1CCC(OC)C1. The first-order valence-electron chi connectivity index (χ1n) is 6.95. The minimum atomic E-state index is -3.50. The average molecular weight is 298 g/mol. The lowest BCUT2D eigenvalue weighted by atomic mass is 10.3. The van der Waals surface area contributed by atoms with Crippen molar-refractivity contribution in [2.75, 3.05) is 19.0 Å². The molecule has 1 aliphatic carbocycles. The van der Waals surface area contributed by atoms with Crippen LogP contribution in [0, 0.1) is 0 Å². The molecule has 1 aromatic rings. The van der Waals surface area contributed by atoms with Crippen LogP contribution < -0.4 is 10.0 Å². The largest absolute Gasteiger partial charge is 0.384 e. The van der Waals surface area contributed by atoms with E-state index < -0.39 is 10.0 Å². The van der Waals surface area contributed by atoms with E-state index in [2.05, 4.69) is 10.0 Å². The number of anilines is 1. The van der Waals surface area contributed by atoms with E-state index in [1.54, 1.807) is 25.3 Å². The summed E-state index contributed by atoms with van der Waals surface area (Å²) in [6.07, 6.45) is 2.62. The molecular weight excluding hydrogens is 276 g/mol. The minimum Gasteiger partial charge on any atom is -0.384 e. The Kier molecular flexibility index (Phi) is 5.01. The molecule has 1 saturated carbocycles. The second-order valence-corrected chi connectivity index (χ2v) is 6.70. The quantitative estimate of drug-likeness (QED) is 0.842. The molecule has 1 aliphatic rings. The molecule has 2 rings (SSSR count). The van der Waals surface area contributed by atoms with Crippen LogP contribution in [0.15, 0.2) is 29.2 Å². The number of nitrogens with one attached hydrogen (secondary N) is 2. The number of benzene rings is 1. The molecule has 1 aromatic carbocycles. The Labute approximate surface area is 120 Å². The highest BCUT2D eigenvalue weighted by Gasteiger charge is 2.29. The number of rotatable bonds is 6. The van der Waals surface area contributed by atoms with E-state index in [1.165, 1.54) is 0 Å². The Morgan fingerprint density at radius 2 is 2.05 bits per heavy atom. The predicted molar refractivity (Wildman–Crippen MR) is 79.4 cm³/mol. The fourth-order valence-electron chi connectivity index (χ4n) is 2.58. The van der Waals surface area contributed by atoms with Crippen molar-refractivity contribution in [2.45, 2.75) is 43.2 Å². The van der Waals surface area contributed by atoms with Gasteiger partial charge in [-0.25, -0.2) is 13.1 Å². The molecule has 2 unspecified atom stereocenters. The van der Waals surface area contributed by atoms with Gasteiger partial charge in [0.2, 0.25) is 10.0 Å². The van der Waals surface area contributed by atoms with Gasteiger partial charge in [0.25, 0.3) is 0 Å². The van der Waals surface area contributed by atoms with Gasteiger partial charge < -0.3 is 10.1 Å². The topological polar surface area (TPSA) is 67.4 Å². The van der Waals surface area contributed by atoms with Crippen molar-refractivity contribution in [3.8, 4) is 0 Å². The maximum atomic E-state index is 12.5. The van der Waals surface area contributed by atoms with Crippen LogP contribution in [0.25, 0.3) is 0 Å². The molecule has 2 atom stereocenters. The molecule has 0 heterocycles. The summed E-state index contributed by atoms with van der Waals surface area (Å²) in [5.74, 6) is 0. The zero-order chi connectivity index (χ0) is 14.6. The first-order valence-corrected chi connectivity index (χ1v) is 8.43. The van der Waals surface area contributed by atoms with E-state index >= 15 is 0 Å². The van der Waals surface area contributed by atoms with Crippen molar-refractivity contribution in [1.82, 2.24) is 4.72 Å². The molecule has 1 fully saturated rings. The van der Waals surface area contributed by atoms with Crippen molar-refractivity contribution in [3.05, 3.63) is 24.3 Å². The summed E-state index contributed by atoms with van der Waals surface area (Å²) in [5.41, 5.74) is 0.642. The number of methoxy groups -OCH3 is 1. The fourth-order valence-corrected chi connectivity index (χ4v) is 4.05. The molecule has 0 spiro atoms. The maximum absolute atomic E-state index is 12.5. The molecule has 0 aliphatic heterocycles. The number of para-hydroxylation sites is 1. The lowest BCUT2D eigenvalue weighted by molar-refractivity contribution is 0.107. The molecular formula is C14H22N2O3S. The maximum Gasteiger partial charge on any atom is 0.242 e. The summed E-state index contributed by atoms with van der Waals surface area (Å²) < 4.78 is 33.0. The molecule has 2 N–H and O–H groups in total. The smallest absolute Gasteiger partial charge is 0.242 e. The van der Waals surface area contributed by atoms with Crippen LogP contribution in [0.5, 0.6) is 0 Å². The molecule has 5 nitrogen and oxygen atoms in total. The zero-order valence-electron chi connectivity index (χ0n) is 11.9. The molecule has 20 heavy (non-hydrogen) atoms. The van der Waals surface area contributed by atoms with E-state index in [4.69, 9.17) is 4.74 Å². The summed E-state index contributed by atoms with van der Waals surface area (Å²) in [6.45, 7) is 2.62. The Hall–Kier alpha value is -1.11. The van der Waals surface area contributed by atoms with Crippen LogP contribution in [-0.2, 0) is 14.8 Å². The van der Waals surface area contributed by atoms with Gasteiger partial charge in [0.15, 0.2) is 0 Å². The fraction of sp³-hybridized carbons (Fsp3) is 0.571. The Balaban J connectivity index is 2.14. The van der Waals surface area contributed by atoms with Gasteiger partial charge in [-0.3, -0.25) is 0 Å². The standard InChI is InChI=1S/C14H22N2O3S/c1-3-15-13-6-4-5-7-14(13)20(17,18)16-11-8-9-12(10-11)19-2/h4-7,11-12,15-16H,3,8-10H2,1-2H3. The van der Waals surface area contributed by atoms with E-state index in [0.29, 0.717) is 17.1 Å². The summed E-state index contributed by atoms with van der Waals surface area (Å²) in [5, 5.41) is 3.08. The van der Waals surface area contributed by atoms with Gasteiger partial charge >= 0.3 is 0 Å². The molecule has 6 heteroatoms. The molecule has 112 valence electrons.